The largest absolute Gasteiger partial charge is 0.411 e. The van der Waals surface area contributed by atoms with E-state index in [4.69, 9.17) is 4.42 Å². The Kier molecular flexibility index (Phi) is 5.35. The van der Waals surface area contributed by atoms with Gasteiger partial charge in [0.05, 0.1) is 0 Å². The van der Waals surface area contributed by atoms with E-state index in [1.807, 2.05) is 31.2 Å². The molecule has 0 bridgehead atoms. The summed E-state index contributed by atoms with van der Waals surface area (Å²) in [6, 6.07) is 14.5. The Balaban J connectivity index is 1.52. The number of thioether (sulfide) groups is 2. The standard InChI is InChI=1S/C17H15FN2OS2/c1-12-4-2-3-5-15(12)16-19-20-17(21-16)23-11-10-22-14-8-6-13(18)7-9-14/h2-9H,10-11H2,1H3. The van der Waals surface area contributed by atoms with E-state index >= 15 is 0 Å². The van der Waals surface area contributed by atoms with E-state index in [9.17, 15) is 4.39 Å². The first-order chi connectivity index (χ1) is 11.2. The fraction of sp³-hybridized carbons (Fsp3) is 0.176. The third-order valence-corrected chi connectivity index (χ3v) is 5.27. The normalized spacial score (nSPS) is 10.9. The highest BCUT2D eigenvalue weighted by molar-refractivity contribution is 8.02. The van der Waals surface area contributed by atoms with E-state index in [2.05, 4.69) is 10.2 Å². The van der Waals surface area contributed by atoms with Gasteiger partial charge in [-0.2, -0.15) is 0 Å². The van der Waals surface area contributed by atoms with Crippen molar-refractivity contribution in [2.75, 3.05) is 11.5 Å². The molecular formula is C17H15FN2OS2. The van der Waals surface area contributed by atoms with Crippen molar-refractivity contribution in [3.05, 3.63) is 59.9 Å². The molecule has 0 aliphatic rings. The highest BCUT2D eigenvalue weighted by atomic mass is 32.2. The van der Waals surface area contributed by atoms with Crippen LogP contribution in [0.2, 0.25) is 0 Å². The summed E-state index contributed by atoms with van der Waals surface area (Å²) in [4.78, 5) is 1.05. The Labute approximate surface area is 142 Å². The van der Waals surface area contributed by atoms with E-state index < -0.39 is 0 Å². The number of hydrogen-bond donors (Lipinski definition) is 0. The van der Waals surface area contributed by atoms with Crippen LogP contribution in [0.3, 0.4) is 0 Å². The zero-order valence-corrected chi connectivity index (χ0v) is 14.2. The molecule has 118 valence electrons. The van der Waals surface area contributed by atoms with Crippen molar-refractivity contribution < 1.29 is 8.81 Å². The maximum Gasteiger partial charge on any atom is 0.276 e. The van der Waals surface area contributed by atoms with Gasteiger partial charge in [0.2, 0.25) is 5.89 Å². The molecule has 0 radical (unpaired) electrons. The van der Waals surface area contributed by atoms with Crippen LogP contribution in [0.1, 0.15) is 5.56 Å². The molecule has 23 heavy (non-hydrogen) atoms. The second-order valence-corrected chi connectivity index (χ2v) is 7.05. The first-order valence-electron chi connectivity index (χ1n) is 7.13. The molecule has 3 rings (SSSR count). The van der Waals surface area contributed by atoms with E-state index in [0.29, 0.717) is 11.1 Å². The minimum Gasteiger partial charge on any atom is -0.411 e. The SMILES string of the molecule is Cc1ccccc1-c1nnc(SCCSc2ccc(F)cc2)o1. The molecule has 0 saturated heterocycles. The van der Waals surface area contributed by atoms with Crippen molar-refractivity contribution in [3.63, 3.8) is 0 Å². The summed E-state index contributed by atoms with van der Waals surface area (Å²) < 4.78 is 18.5. The number of nitrogens with zero attached hydrogens (tertiary/aromatic N) is 2. The lowest BCUT2D eigenvalue weighted by Gasteiger charge is -2.00. The lowest BCUT2D eigenvalue weighted by atomic mass is 10.1. The van der Waals surface area contributed by atoms with Crippen LogP contribution < -0.4 is 0 Å². The number of aryl methyl sites for hydroxylation is 1. The van der Waals surface area contributed by atoms with Gasteiger partial charge in [-0.05, 0) is 42.8 Å². The molecule has 1 aromatic heterocycles. The molecule has 3 nitrogen and oxygen atoms in total. The lowest BCUT2D eigenvalue weighted by molar-refractivity contribution is 0.466. The molecule has 0 aliphatic carbocycles. The fourth-order valence-corrected chi connectivity index (χ4v) is 3.65. The molecule has 6 heteroatoms. The number of rotatable bonds is 6. The molecule has 0 saturated carbocycles. The van der Waals surface area contributed by atoms with Gasteiger partial charge in [0.25, 0.3) is 5.22 Å². The van der Waals surface area contributed by atoms with Crippen LogP contribution in [0.4, 0.5) is 4.39 Å². The minimum absolute atomic E-state index is 0.210. The van der Waals surface area contributed by atoms with Crippen molar-refractivity contribution in [1.29, 1.82) is 0 Å². The summed E-state index contributed by atoms with van der Waals surface area (Å²) in [6.45, 7) is 2.02. The Morgan fingerprint density at radius 2 is 1.70 bits per heavy atom. The average molecular weight is 346 g/mol. The quantitative estimate of drug-likeness (QED) is 0.460. The van der Waals surface area contributed by atoms with Crippen LogP contribution >= 0.6 is 23.5 Å². The van der Waals surface area contributed by atoms with Crippen molar-refractivity contribution in [2.45, 2.75) is 17.0 Å². The van der Waals surface area contributed by atoms with Gasteiger partial charge >= 0.3 is 0 Å². The summed E-state index contributed by atoms with van der Waals surface area (Å²) >= 11 is 3.21. The van der Waals surface area contributed by atoms with E-state index in [-0.39, 0.29) is 5.82 Å². The van der Waals surface area contributed by atoms with Gasteiger partial charge in [-0.15, -0.1) is 22.0 Å². The maximum absolute atomic E-state index is 12.8. The number of aromatic nitrogens is 2. The highest BCUT2D eigenvalue weighted by Crippen LogP contribution is 2.26. The molecule has 0 amide bonds. The topological polar surface area (TPSA) is 38.9 Å². The third kappa shape index (κ3) is 4.36. The predicted molar refractivity (Wildman–Crippen MR) is 92.3 cm³/mol. The molecule has 1 heterocycles. The van der Waals surface area contributed by atoms with E-state index in [1.165, 1.54) is 23.9 Å². The summed E-state index contributed by atoms with van der Waals surface area (Å²) in [5, 5.41) is 8.76. The smallest absolute Gasteiger partial charge is 0.276 e. The highest BCUT2D eigenvalue weighted by Gasteiger charge is 2.10. The van der Waals surface area contributed by atoms with Crippen LogP contribution in [0.15, 0.2) is 63.1 Å². The molecular weight excluding hydrogens is 331 g/mol. The van der Waals surface area contributed by atoms with Crippen molar-refractivity contribution in [2.24, 2.45) is 0 Å². The summed E-state index contributed by atoms with van der Waals surface area (Å²) in [7, 11) is 0. The molecule has 2 aromatic carbocycles. The summed E-state index contributed by atoms with van der Waals surface area (Å²) in [5.41, 5.74) is 2.08. The van der Waals surface area contributed by atoms with Crippen LogP contribution in [0.5, 0.6) is 0 Å². The Morgan fingerprint density at radius 1 is 0.957 bits per heavy atom. The summed E-state index contributed by atoms with van der Waals surface area (Å²) in [6.07, 6.45) is 0. The number of hydrogen-bond acceptors (Lipinski definition) is 5. The van der Waals surface area contributed by atoms with Crippen LogP contribution in [0.25, 0.3) is 11.5 Å². The van der Waals surface area contributed by atoms with Gasteiger partial charge in [-0.25, -0.2) is 4.39 Å². The van der Waals surface area contributed by atoms with Gasteiger partial charge in [0.15, 0.2) is 0 Å². The second-order valence-electron chi connectivity index (χ2n) is 4.84. The van der Waals surface area contributed by atoms with Crippen LogP contribution in [-0.4, -0.2) is 21.7 Å². The Hall–Kier alpha value is -1.79. The molecule has 3 aromatic rings. The van der Waals surface area contributed by atoms with Gasteiger partial charge < -0.3 is 4.42 Å². The van der Waals surface area contributed by atoms with Gasteiger partial charge in [0, 0.05) is 22.0 Å². The van der Waals surface area contributed by atoms with Crippen molar-refractivity contribution in [1.82, 2.24) is 10.2 Å². The number of benzene rings is 2. The molecule has 0 N–H and O–H groups in total. The zero-order chi connectivity index (χ0) is 16.1. The lowest BCUT2D eigenvalue weighted by Crippen LogP contribution is -1.84. The molecule has 0 spiro atoms. The minimum atomic E-state index is -0.210. The molecule has 0 unspecified atom stereocenters. The van der Waals surface area contributed by atoms with Crippen LogP contribution in [0, 0.1) is 12.7 Å². The molecule has 0 atom stereocenters. The average Bonchev–Trinajstić information content (AvgIpc) is 3.02. The first kappa shape index (κ1) is 16.1. The molecule has 0 fully saturated rings. The van der Waals surface area contributed by atoms with E-state index in [1.54, 1.807) is 23.9 Å². The van der Waals surface area contributed by atoms with Gasteiger partial charge in [-0.1, -0.05) is 30.0 Å². The van der Waals surface area contributed by atoms with Crippen molar-refractivity contribution >= 4 is 23.5 Å². The van der Waals surface area contributed by atoms with Crippen molar-refractivity contribution in [3.8, 4) is 11.5 Å². The Bertz CT molecular complexity index is 774. The Morgan fingerprint density at radius 3 is 2.48 bits per heavy atom. The van der Waals surface area contributed by atoms with Gasteiger partial charge in [-0.3, -0.25) is 0 Å². The van der Waals surface area contributed by atoms with Crippen LogP contribution in [-0.2, 0) is 0 Å². The fourth-order valence-electron chi connectivity index (χ4n) is 2.01. The molecule has 0 aliphatic heterocycles. The summed E-state index contributed by atoms with van der Waals surface area (Å²) in [5.74, 6) is 2.07. The number of halogens is 1. The monoisotopic (exact) mass is 346 g/mol. The van der Waals surface area contributed by atoms with E-state index in [0.717, 1.165) is 27.5 Å². The van der Waals surface area contributed by atoms with Gasteiger partial charge in [0.1, 0.15) is 5.82 Å². The zero-order valence-electron chi connectivity index (χ0n) is 12.5. The third-order valence-electron chi connectivity index (χ3n) is 3.17. The maximum atomic E-state index is 12.8. The second kappa shape index (κ2) is 7.66. The first-order valence-corrected chi connectivity index (χ1v) is 9.10. The predicted octanol–water partition coefficient (Wildman–Crippen LogP) is 5.07.